The third-order valence-corrected chi connectivity index (χ3v) is 1.64. The fraction of sp³-hybridized carbons (Fsp3) is 0.750. The van der Waals surface area contributed by atoms with Crippen molar-refractivity contribution in [2.75, 3.05) is 0 Å². The summed E-state index contributed by atoms with van der Waals surface area (Å²) in [7, 11) is 0. The number of allylic oxidation sites excluding steroid dienone is 1. The lowest BCUT2D eigenvalue weighted by molar-refractivity contribution is 0.277. The Bertz CT molecular complexity index is 103. The second kappa shape index (κ2) is 2.90. The lowest BCUT2D eigenvalue weighted by atomic mass is 9.86. The second-order valence-corrected chi connectivity index (χ2v) is 3.26. The Labute approximate surface area is 57.4 Å². The molecular weight excluding hydrogens is 112 g/mol. The van der Waals surface area contributed by atoms with Crippen LogP contribution in [-0.2, 0) is 0 Å². The summed E-state index contributed by atoms with van der Waals surface area (Å²) in [6.07, 6.45) is 1.79. The van der Waals surface area contributed by atoms with E-state index in [1.165, 1.54) is 0 Å². The van der Waals surface area contributed by atoms with Crippen LogP contribution >= 0.6 is 0 Å². The van der Waals surface area contributed by atoms with Crippen LogP contribution in [0, 0.1) is 5.41 Å². The van der Waals surface area contributed by atoms with Crippen LogP contribution in [0.4, 0.5) is 0 Å². The highest BCUT2D eigenvalue weighted by molar-refractivity contribution is 4.86. The van der Waals surface area contributed by atoms with Gasteiger partial charge in [-0.1, -0.05) is 33.8 Å². The van der Waals surface area contributed by atoms with E-state index in [1.54, 1.807) is 0 Å². The Morgan fingerprint density at radius 1 is 1.56 bits per heavy atom. The van der Waals surface area contributed by atoms with Gasteiger partial charge >= 0.3 is 0 Å². The van der Waals surface area contributed by atoms with Gasteiger partial charge in [-0.2, -0.15) is 0 Å². The van der Waals surface area contributed by atoms with Gasteiger partial charge in [0.25, 0.3) is 0 Å². The number of aliphatic hydroxyl groups excluding tert-OH is 1. The molecule has 54 valence electrons. The predicted molar refractivity (Wildman–Crippen MR) is 40.5 cm³/mol. The average molecular weight is 128 g/mol. The lowest BCUT2D eigenvalue weighted by Crippen LogP contribution is -2.09. The highest BCUT2D eigenvalue weighted by Crippen LogP contribution is 2.26. The first-order chi connectivity index (χ1) is 3.98. The van der Waals surface area contributed by atoms with Crippen molar-refractivity contribution in [1.82, 2.24) is 0 Å². The van der Waals surface area contributed by atoms with Crippen LogP contribution in [0.2, 0.25) is 0 Å². The third kappa shape index (κ3) is 4.07. The molecule has 0 unspecified atom stereocenters. The highest BCUT2D eigenvalue weighted by Gasteiger charge is 2.15. The van der Waals surface area contributed by atoms with Crippen LogP contribution in [0.25, 0.3) is 0 Å². The van der Waals surface area contributed by atoms with Crippen LogP contribution in [0.15, 0.2) is 12.3 Å². The minimum absolute atomic E-state index is 0.214. The molecule has 0 bridgehead atoms. The van der Waals surface area contributed by atoms with Crippen molar-refractivity contribution < 1.29 is 5.11 Å². The van der Waals surface area contributed by atoms with Gasteiger partial charge in [-0.3, -0.25) is 0 Å². The molecule has 0 saturated carbocycles. The van der Waals surface area contributed by atoms with Crippen LogP contribution in [0.3, 0.4) is 0 Å². The van der Waals surface area contributed by atoms with Gasteiger partial charge in [-0.25, -0.2) is 0 Å². The maximum atomic E-state index is 8.82. The zero-order chi connectivity index (χ0) is 7.49. The first-order valence-corrected chi connectivity index (χ1v) is 3.34. The van der Waals surface area contributed by atoms with E-state index in [4.69, 9.17) is 5.11 Å². The summed E-state index contributed by atoms with van der Waals surface area (Å²) in [5.74, 6) is 0.293. The summed E-state index contributed by atoms with van der Waals surface area (Å²) in [5, 5.41) is 8.82. The quantitative estimate of drug-likeness (QED) is 0.579. The first kappa shape index (κ1) is 8.54. The van der Waals surface area contributed by atoms with Gasteiger partial charge in [0.15, 0.2) is 0 Å². The van der Waals surface area contributed by atoms with Gasteiger partial charge in [0.05, 0.1) is 5.76 Å². The molecule has 0 aliphatic heterocycles. The van der Waals surface area contributed by atoms with Crippen LogP contribution in [-0.4, -0.2) is 5.11 Å². The summed E-state index contributed by atoms with van der Waals surface area (Å²) < 4.78 is 0. The largest absolute Gasteiger partial charge is 0.513 e. The van der Waals surface area contributed by atoms with Gasteiger partial charge in [-0.15, -0.1) is 0 Å². The summed E-state index contributed by atoms with van der Waals surface area (Å²) in [5.41, 5.74) is 0.214. The van der Waals surface area contributed by atoms with Crippen LogP contribution < -0.4 is 0 Å². The smallest absolute Gasteiger partial charge is 0.0856 e. The van der Waals surface area contributed by atoms with Crippen LogP contribution in [0.5, 0.6) is 0 Å². The van der Waals surface area contributed by atoms with E-state index in [0.29, 0.717) is 12.2 Å². The van der Waals surface area contributed by atoms with Gasteiger partial charge in [-0.05, 0) is 5.41 Å². The van der Waals surface area contributed by atoms with Crippen molar-refractivity contribution in [1.29, 1.82) is 0 Å². The maximum Gasteiger partial charge on any atom is 0.0856 e. The molecule has 0 amide bonds. The van der Waals surface area contributed by atoms with E-state index in [-0.39, 0.29) is 5.41 Å². The molecule has 0 aromatic rings. The fourth-order valence-electron chi connectivity index (χ4n) is 0.677. The maximum absolute atomic E-state index is 8.82. The molecule has 1 nitrogen and oxygen atoms in total. The molecule has 0 spiro atoms. The molecule has 0 heterocycles. The Kier molecular flexibility index (Phi) is 2.75. The summed E-state index contributed by atoms with van der Waals surface area (Å²) in [4.78, 5) is 0. The molecule has 1 N–H and O–H groups in total. The molecular formula is C8H16O. The van der Waals surface area contributed by atoms with Crippen LogP contribution in [0.1, 0.15) is 33.6 Å². The highest BCUT2D eigenvalue weighted by atomic mass is 16.3. The molecule has 0 aliphatic rings. The Morgan fingerprint density at radius 2 is 2.00 bits per heavy atom. The fourth-order valence-corrected chi connectivity index (χ4v) is 0.677. The summed E-state index contributed by atoms with van der Waals surface area (Å²) >= 11 is 0. The van der Waals surface area contributed by atoms with Crippen molar-refractivity contribution in [2.24, 2.45) is 5.41 Å². The van der Waals surface area contributed by atoms with Crippen molar-refractivity contribution in [3.8, 4) is 0 Å². The molecule has 1 heteroatoms. The molecule has 0 rings (SSSR count). The van der Waals surface area contributed by atoms with Gasteiger partial charge < -0.3 is 5.11 Å². The van der Waals surface area contributed by atoms with Crippen molar-refractivity contribution >= 4 is 0 Å². The van der Waals surface area contributed by atoms with Crippen molar-refractivity contribution in [2.45, 2.75) is 33.6 Å². The zero-order valence-corrected chi connectivity index (χ0v) is 6.57. The SMILES string of the molecule is C=C(O)CC(C)(C)CC. The monoisotopic (exact) mass is 128 g/mol. The van der Waals surface area contributed by atoms with E-state index in [0.717, 1.165) is 6.42 Å². The second-order valence-electron chi connectivity index (χ2n) is 3.26. The minimum Gasteiger partial charge on any atom is -0.513 e. The third-order valence-electron chi connectivity index (χ3n) is 1.64. The Hall–Kier alpha value is -0.460. The molecule has 0 radical (unpaired) electrons. The number of rotatable bonds is 3. The molecule has 0 aliphatic carbocycles. The van der Waals surface area contributed by atoms with E-state index in [2.05, 4.69) is 27.4 Å². The van der Waals surface area contributed by atoms with E-state index < -0.39 is 0 Å². The van der Waals surface area contributed by atoms with Gasteiger partial charge in [0, 0.05) is 6.42 Å². The number of aliphatic hydroxyl groups is 1. The number of hydrogen-bond acceptors (Lipinski definition) is 1. The lowest BCUT2D eigenvalue weighted by Gasteiger charge is -2.20. The Morgan fingerprint density at radius 3 is 2.11 bits per heavy atom. The molecule has 0 fully saturated rings. The molecule has 0 atom stereocenters. The summed E-state index contributed by atoms with van der Waals surface area (Å²) in [6, 6.07) is 0. The Balaban J connectivity index is 3.71. The van der Waals surface area contributed by atoms with Gasteiger partial charge in [0.2, 0.25) is 0 Å². The standard InChI is InChI=1S/C8H16O/c1-5-8(3,4)6-7(2)9/h9H,2,5-6H2,1,3-4H3. The minimum atomic E-state index is 0.214. The van der Waals surface area contributed by atoms with E-state index >= 15 is 0 Å². The predicted octanol–water partition coefficient (Wildman–Crippen LogP) is 2.88. The summed E-state index contributed by atoms with van der Waals surface area (Å²) in [6.45, 7) is 9.80. The first-order valence-electron chi connectivity index (χ1n) is 3.34. The zero-order valence-electron chi connectivity index (χ0n) is 6.57. The molecule has 9 heavy (non-hydrogen) atoms. The van der Waals surface area contributed by atoms with Crippen molar-refractivity contribution in [3.05, 3.63) is 12.3 Å². The van der Waals surface area contributed by atoms with Gasteiger partial charge in [0.1, 0.15) is 0 Å². The molecule has 0 aromatic carbocycles. The molecule has 0 saturated heterocycles. The van der Waals surface area contributed by atoms with E-state index in [1.807, 2.05) is 0 Å². The van der Waals surface area contributed by atoms with E-state index in [9.17, 15) is 0 Å². The van der Waals surface area contributed by atoms with Crippen molar-refractivity contribution in [3.63, 3.8) is 0 Å². The average Bonchev–Trinajstić information content (AvgIpc) is 1.63. The normalized spacial score (nSPS) is 11.4. The topological polar surface area (TPSA) is 20.2 Å². The number of hydrogen-bond donors (Lipinski definition) is 1. The molecule has 0 aromatic heterocycles.